The zero-order chi connectivity index (χ0) is 22.2. The predicted molar refractivity (Wildman–Crippen MR) is 132 cm³/mol. The van der Waals surface area contributed by atoms with Gasteiger partial charge in [0.05, 0.1) is 32.7 Å². The van der Waals surface area contributed by atoms with E-state index in [2.05, 4.69) is 33.8 Å². The van der Waals surface area contributed by atoms with E-state index in [0.717, 1.165) is 49.7 Å². The van der Waals surface area contributed by atoms with E-state index in [1.165, 1.54) is 42.7 Å². The maximum Gasteiger partial charge on any atom is 0.238 e. The van der Waals surface area contributed by atoms with E-state index in [4.69, 9.17) is 16.7 Å². The Bertz CT molecular complexity index is 995. The van der Waals surface area contributed by atoms with Crippen LogP contribution in [0.15, 0.2) is 23.2 Å². The summed E-state index contributed by atoms with van der Waals surface area (Å²) in [7, 11) is 2.14. The van der Waals surface area contributed by atoms with Crippen molar-refractivity contribution in [2.45, 2.75) is 61.8 Å². The quantitative estimate of drug-likeness (QED) is 0.694. The van der Waals surface area contributed by atoms with Gasteiger partial charge in [-0.3, -0.25) is 9.48 Å². The summed E-state index contributed by atoms with van der Waals surface area (Å²) in [6.07, 6.45) is 7.02. The predicted octanol–water partition coefficient (Wildman–Crippen LogP) is 4.76. The highest BCUT2D eigenvalue weighted by Gasteiger charge is 2.35. The summed E-state index contributed by atoms with van der Waals surface area (Å²) >= 11 is 8.28. The molecule has 0 spiro atoms. The first-order chi connectivity index (χ1) is 15.5. The van der Waals surface area contributed by atoms with Crippen molar-refractivity contribution in [1.82, 2.24) is 14.7 Å². The number of carbonyl (C=O) groups is 1. The van der Waals surface area contributed by atoms with Crippen LogP contribution in [0, 0.1) is 6.92 Å². The monoisotopic (exact) mass is 473 g/mol. The van der Waals surface area contributed by atoms with Crippen molar-refractivity contribution in [2.24, 2.45) is 0 Å². The van der Waals surface area contributed by atoms with Gasteiger partial charge in [-0.2, -0.15) is 5.10 Å². The van der Waals surface area contributed by atoms with Crippen molar-refractivity contribution in [3.8, 4) is 0 Å². The van der Waals surface area contributed by atoms with E-state index < -0.39 is 0 Å². The molecular weight excluding hydrogens is 442 g/mol. The van der Waals surface area contributed by atoms with Gasteiger partial charge < -0.3 is 15.1 Å². The summed E-state index contributed by atoms with van der Waals surface area (Å²) in [6.45, 7) is 6.08. The lowest BCUT2D eigenvalue weighted by Gasteiger charge is -2.34. The number of fused-ring (bicyclic) bond motifs is 1. The Kier molecular flexibility index (Phi) is 6.41. The first kappa shape index (κ1) is 22.1. The van der Waals surface area contributed by atoms with Crippen LogP contribution in [-0.4, -0.2) is 59.1 Å². The van der Waals surface area contributed by atoms with Crippen LogP contribution in [0.2, 0.25) is 5.02 Å². The van der Waals surface area contributed by atoms with Crippen molar-refractivity contribution < 1.29 is 4.79 Å². The molecule has 6 nitrogen and oxygen atoms in total. The smallest absolute Gasteiger partial charge is 0.238 e. The SMILES string of the molecule is Cc1nn(C2CCCCC2)c2c1CC(C(=O)Nc1ccc(N3CCN(C)CC3)c(Cl)c1)S2. The maximum absolute atomic E-state index is 13.1. The highest BCUT2D eigenvalue weighted by molar-refractivity contribution is 8.00. The van der Waals surface area contributed by atoms with Gasteiger partial charge in [0, 0.05) is 37.4 Å². The first-order valence-corrected chi connectivity index (χ1v) is 13.0. The van der Waals surface area contributed by atoms with Crippen LogP contribution in [-0.2, 0) is 11.2 Å². The number of thioether (sulfide) groups is 1. The Morgan fingerprint density at radius 2 is 1.91 bits per heavy atom. The fourth-order valence-electron chi connectivity index (χ4n) is 5.11. The van der Waals surface area contributed by atoms with Gasteiger partial charge in [0.25, 0.3) is 0 Å². The molecule has 1 aromatic carbocycles. The zero-order valence-corrected chi connectivity index (χ0v) is 20.5. The summed E-state index contributed by atoms with van der Waals surface area (Å²) in [4.78, 5) is 17.7. The molecule has 2 aromatic rings. The largest absolute Gasteiger partial charge is 0.368 e. The van der Waals surface area contributed by atoms with E-state index in [0.29, 0.717) is 11.1 Å². The molecule has 0 bridgehead atoms. The molecule has 1 amide bonds. The van der Waals surface area contributed by atoms with E-state index in [-0.39, 0.29) is 11.2 Å². The van der Waals surface area contributed by atoms with Crippen molar-refractivity contribution in [1.29, 1.82) is 0 Å². The number of benzene rings is 1. The van der Waals surface area contributed by atoms with Crippen molar-refractivity contribution >= 4 is 40.6 Å². The van der Waals surface area contributed by atoms with Crippen molar-refractivity contribution in [2.75, 3.05) is 43.4 Å². The van der Waals surface area contributed by atoms with Crippen LogP contribution in [0.4, 0.5) is 11.4 Å². The number of halogens is 1. The number of carbonyl (C=O) groups excluding carboxylic acids is 1. The number of nitrogens with one attached hydrogen (secondary N) is 1. The molecule has 32 heavy (non-hydrogen) atoms. The van der Waals surface area contributed by atoms with Crippen LogP contribution in [0.5, 0.6) is 0 Å². The average molecular weight is 474 g/mol. The third-order valence-electron chi connectivity index (χ3n) is 7.08. The molecule has 1 N–H and O–H groups in total. The first-order valence-electron chi connectivity index (χ1n) is 11.8. The fraction of sp³-hybridized carbons (Fsp3) is 0.583. The Labute approximate surface area is 199 Å². The molecular formula is C24H32ClN5OS. The zero-order valence-electron chi connectivity index (χ0n) is 18.9. The van der Waals surface area contributed by atoms with Gasteiger partial charge in [0.2, 0.25) is 5.91 Å². The molecule has 1 atom stereocenters. The summed E-state index contributed by atoms with van der Waals surface area (Å²) in [5.41, 5.74) is 4.14. The van der Waals surface area contributed by atoms with E-state index in [1.54, 1.807) is 11.8 Å². The fourth-order valence-corrected chi connectivity index (χ4v) is 6.77. The lowest BCUT2D eigenvalue weighted by Crippen LogP contribution is -2.44. The number of hydrogen-bond donors (Lipinski definition) is 1. The van der Waals surface area contributed by atoms with Gasteiger partial charge in [0.1, 0.15) is 0 Å². The van der Waals surface area contributed by atoms with E-state index in [9.17, 15) is 4.79 Å². The van der Waals surface area contributed by atoms with E-state index >= 15 is 0 Å². The minimum absolute atomic E-state index is 0.0456. The molecule has 2 fully saturated rings. The molecule has 3 heterocycles. The van der Waals surface area contributed by atoms with Gasteiger partial charge in [-0.05, 0) is 51.4 Å². The van der Waals surface area contributed by atoms with Crippen LogP contribution in [0.25, 0.3) is 0 Å². The second-order valence-electron chi connectivity index (χ2n) is 9.36. The summed E-state index contributed by atoms with van der Waals surface area (Å²) < 4.78 is 2.23. The number of hydrogen-bond acceptors (Lipinski definition) is 5. The van der Waals surface area contributed by atoms with Crippen LogP contribution < -0.4 is 10.2 Å². The molecule has 8 heteroatoms. The normalized spacial score (nSPS) is 22.2. The van der Waals surface area contributed by atoms with Gasteiger partial charge in [-0.15, -0.1) is 0 Å². The third-order valence-corrected chi connectivity index (χ3v) is 8.70. The van der Waals surface area contributed by atoms with Gasteiger partial charge in [-0.25, -0.2) is 0 Å². The van der Waals surface area contributed by atoms with Crippen molar-refractivity contribution in [3.63, 3.8) is 0 Å². The molecule has 172 valence electrons. The second-order valence-corrected chi connectivity index (χ2v) is 11.0. The number of nitrogens with zero attached hydrogens (tertiary/aromatic N) is 4. The average Bonchev–Trinajstić information content (AvgIpc) is 3.36. The highest BCUT2D eigenvalue weighted by Crippen LogP contribution is 2.43. The molecule has 1 saturated heterocycles. The summed E-state index contributed by atoms with van der Waals surface area (Å²) in [5.74, 6) is 0.0456. The molecule has 1 aromatic heterocycles. The van der Waals surface area contributed by atoms with Gasteiger partial charge in [0.15, 0.2) is 0 Å². The topological polar surface area (TPSA) is 53.4 Å². The minimum Gasteiger partial charge on any atom is -0.368 e. The number of likely N-dealkylation sites (N-methyl/N-ethyl adjacent to an activating group) is 1. The number of piperazine rings is 1. The number of anilines is 2. The number of aryl methyl sites for hydroxylation is 1. The Hall–Kier alpha value is -1.70. The number of aromatic nitrogens is 2. The molecule has 2 aliphatic heterocycles. The van der Waals surface area contributed by atoms with Crippen LogP contribution >= 0.6 is 23.4 Å². The lowest BCUT2D eigenvalue weighted by atomic mass is 9.96. The third kappa shape index (κ3) is 4.39. The molecule has 3 aliphatic rings. The standard InChI is InChI=1S/C24H32ClN5OS/c1-16-19-15-22(32-24(19)30(27-16)18-6-4-3-5-7-18)23(31)26-17-8-9-21(20(25)14-17)29-12-10-28(2)11-13-29/h8-9,14,18,22H,3-7,10-13,15H2,1-2H3,(H,26,31). The summed E-state index contributed by atoms with van der Waals surface area (Å²) in [5, 5.41) is 9.73. The molecule has 1 saturated carbocycles. The Balaban J connectivity index is 1.25. The molecule has 1 unspecified atom stereocenters. The minimum atomic E-state index is -0.118. The van der Waals surface area contributed by atoms with Crippen molar-refractivity contribution in [3.05, 3.63) is 34.5 Å². The van der Waals surface area contributed by atoms with Gasteiger partial charge >= 0.3 is 0 Å². The molecule has 0 radical (unpaired) electrons. The van der Waals surface area contributed by atoms with Crippen LogP contribution in [0.3, 0.4) is 0 Å². The molecule has 5 rings (SSSR count). The highest BCUT2D eigenvalue weighted by atomic mass is 35.5. The van der Waals surface area contributed by atoms with E-state index in [1.807, 2.05) is 18.2 Å². The lowest BCUT2D eigenvalue weighted by molar-refractivity contribution is -0.115. The Morgan fingerprint density at radius 3 is 2.62 bits per heavy atom. The Morgan fingerprint density at radius 1 is 1.16 bits per heavy atom. The molecule has 1 aliphatic carbocycles. The number of rotatable bonds is 4. The number of amides is 1. The van der Waals surface area contributed by atoms with Crippen LogP contribution in [0.1, 0.15) is 49.4 Å². The second kappa shape index (κ2) is 9.27. The summed E-state index contributed by atoms with van der Waals surface area (Å²) in [6, 6.07) is 6.38. The van der Waals surface area contributed by atoms with Gasteiger partial charge in [-0.1, -0.05) is 42.6 Å². The maximum atomic E-state index is 13.1.